The molecule has 1 aliphatic rings. The van der Waals surface area contributed by atoms with Crippen LogP contribution in [0.4, 0.5) is 4.39 Å². The molecule has 1 fully saturated rings. The summed E-state index contributed by atoms with van der Waals surface area (Å²) in [6.07, 6.45) is -0.240. The third-order valence-corrected chi connectivity index (χ3v) is 3.53. The topological polar surface area (TPSA) is 48.0 Å². The molecule has 0 saturated carbocycles. The van der Waals surface area contributed by atoms with Crippen molar-refractivity contribution in [2.75, 3.05) is 33.9 Å². The fourth-order valence-corrected chi connectivity index (χ4v) is 2.76. The zero-order valence-corrected chi connectivity index (χ0v) is 13.4. The van der Waals surface area contributed by atoms with E-state index in [1.54, 1.807) is 18.1 Å². The van der Waals surface area contributed by atoms with Crippen LogP contribution in [0, 0.1) is 5.82 Å². The Morgan fingerprint density at radius 3 is 2.82 bits per heavy atom. The molecule has 0 bridgehead atoms. The second kappa shape index (κ2) is 6.62. The Labute approximate surface area is 130 Å². The zero-order chi connectivity index (χ0) is 16.3. The highest BCUT2D eigenvalue weighted by Gasteiger charge is 2.37. The number of hydrogen-bond donors (Lipinski definition) is 0. The van der Waals surface area contributed by atoms with Crippen LogP contribution in [0.5, 0.6) is 5.75 Å². The zero-order valence-electron chi connectivity index (χ0n) is 13.4. The molecule has 0 radical (unpaired) electrons. The highest BCUT2D eigenvalue weighted by molar-refractivity contribution is 5.97. The highest BCUT2D eigenvalue weighted by Crippen LogP contribution is 2.27. The Kier molecular flexibility index (Phi) is 5.03. The van der Waals surface area contributed by atoms with E-state index in [1.165, 1.54) is 19.2 Å². The lowest BCUT2D eigenvalue weighted by Gasteiger charge is -2.42. The molecule has 1 saturated heterocycles. The lowest BCUT2D eigenvalue weighted by atomic mass is 10.0. The van der Waals surface area contributed by atoms with Crippen molar-refractivity contribution in [1.82, 2.24) is 4.90 Å². The summed E-state index contributed by atoms with van der Waals surface area (Å²) in [4.78, 5) is 14.3. The second-order valence-corrected chi connectivity index (χ2v) is 5.96. The van der Waals surface area contributed by atoms with E-state index in [4.69, 9.17) is 14.2 Å². The largest absolute Gasteiger partial charge is 0.496 e. The lowest BCUT2D eigenvalue weighted by Crippen LogP contribution is -2.55. The van der Waals surface area contributed by atoms with Gasteiger partial charge in [0.2, 0.25) is 0 Å². The Morgan fingerprint density at radius 2 is 2.18 bits per heavy atom. The standard InChI is InChI=1S/C16H22FNO4/c1-16(2)10-18(8-11(22-16)9-20-3)15(19)14-12(17)6-5-7-13(14)21-4/h5-7,11H,8-10H2,1-4H3/t11-/m1/s1. The number of ether oxygens (including phenoxy) is 3. The fourth-order valence-electron chi connectivity index (χ4n) is 2.76. The van der Waals surface area contributed by atoms with Gasteiger partial charge in [0.05, 0.1) is 25.4 Å². The molecule has 6 heteroatoms. The minimum Gasteiger partial charge on any atom is -0.496 e. The Hall–Kier alpha value is -1.66. The summed E-state index contributed by atoms with van der Waals surface area (Å²) in [6.45, 7) is 4.90. The maximum Gasteiger partial charge on any atom is 0.260 e. The molecule has 122 valence electrons. The summed E-state index contributed by atoms with van der Waals surface area (Å²) in [6, 6.07) is 4.35. The van der Waals surface area contributed by atoms with Gasteiger partial charge in [-0.3, -0.25) is 4.79 Å². The molecule has 1 amide bonds. The monoisotopic (exact) mass is 311 g/mol. The van der Waals surface area contributed by atoms with Crippen molar-refractivity contribution in [1.29, 1.82) is 0 Å². The number of morpholine rings is 1. The quantitative estimate of drug-likeness (QED) is 0.854. The summed E-state index contributed by atoms with van der Waals surface area (Å²) in [5, 5.41) is 0. The molecule has 1 aliphatic heterocycles. The summed E-state index contributed by atoms with van der Waals surface area (Å²) < 4.78 is 30.2. The van der Waals surface area contributed by atoms with Gasteiger partial charge in [0.1, 0.15) is 17.1 Å². The van der Waals surface area contributed by atoms with Crippen LogP contribution in [0.1, 0.15) is 24.2 Å². The second-order valence-electron chi connectivity index (χ2n) is 5.96. The molecular formula is C16H22FNO4. The van der Waals surface area contributed by atoms with Crippen molar-refractivity contribution in [2.24, 2.45) is 0 Å². The number of amides is 1. The predicted molar refractivity (Wildman–Crippen MR) is 79.7 cm³/mol. The normalized spacial score (nSPS) is 20.8. The van der Waals surface area contributed by atoms with Crippen molar-refractivity contribution in [3.8, 4) is 5.75 Å². The van der Waals surface area contributed by atoms with E-state index >= 15 is 0 Å². The maximum absolute atomic E-state index is 14.1. The van der Waals surface area contributed by atoms with E-state index in [-0.39, 0.29) is 17.4 Å². The van der Waals surface area contributed by atoms with Gasteiger partial charge in [-0.2, -0.15) is 0 Å². The van der Waals surface area contributed by atoms with Crippen LogP contribution in [0.25, 0.3) is 0 Å². The van der Waals surface area contributed by atoms with E-state index in [9.17, 15) is 9.18 Å². The molecule has 1 atom stereocenters. The number of methoxy groups -OCH3 is 2. The van der Waals surface area contributed by atoms with Crippen LogP contribution < -0.4 is 4.74 Å². The van der Waals surface area contributed by atoms with Gasteiger partial charge in [0, 0.05) is 20.2 Å². The van der Waals surface area contributed by atoms with Gasteiger partial charge in [-0.1, -0.05) is 6.07 Å². The number of benzene rings is 1. The number of rotatable bonds is 4. The molecule has 0 unspecified atom stereocenters. The molecular weight excluding hydrogens is 289 g/mol. The molecule has 0 N–H and O–H groups in total. The molecule has 1 heterocycles. The lowest BCUT2D eigenvalue weighted by molar-refractivity contribution is -0.143. The van der Waals surface area contributed by atoms with Gasteiger partial charge in [-0.25, -0.2) is 4.39 Å². The summed E-state index contributed by atoms with van der Waals surface area (Å²) in [5.41, 5.74) is -0.561. The SMILES string of the molecule is COC[C@H]1CN(C(=O)c2c(F)cccc2OC)CC(C)(C)O1. The Balaban J connectivity index is 2.28. The number of halogens is 1. The van der Waals surface area contributed by atoms with Crippen molar-refractivity contribution >= 4 is 5.91 Å². The van der Waals surface area contributed by atoms with Gasteiger partial charge in [0.15, 0.2) is 0 Å². The molecule has 2 rings (SSSR count). The molecule has 22 heavy (non-hydrogen) atoms. The van der Waals surface area contributed by atoms with Crippen molar-refractivity contribution in [3.63, 3.8) is 0 Å². The maximum atomic E-state index is 14.1. The van der Waals surface area contributed by atoms with Crippen LogP contribution in [-0.4, -0.2) is 56.4 Å². The Bertz CT molecular complexity index is 547. The first kappa shape index (κ1) is 16.7. The molecule has 0 spiro atoms. The number of carbonyl (C=O) groups is 1. The minimum atomic E-state index is -0.586. The average molecular weight is 311 g/mol. The van der Waals surface area contributed by atoms with Crippen molar-refractivity contribution < 1.29 is 23.4 Å². The van der Waals surface area contributed by atoms with Gasteiger partial charge in [0.25, 0.3) is 5.91 Å². The number of hydrogen-bond acceptors (Lipinski definition) is 4. The van der Waals surface area contributed by atoms with Gasteiger partial charge >= 0.3 is 0 Å². The van der Waals surface area contributed by atoms with Gasteiger partial charge in [-0.15, -0.1) is 0 Å². The van der Waals surface area contributed by atoms with Gasteiger partial charge < -0.3 is 19.1 Å². The molecule has 0 aliphatic carbocycles. The Morgan fingerprint density at radius 1 is 1.45 bits per heavy atom. The molecule has 1 aromatic rings. The highest BCUT2D eigenvalue weighted by atomic mass is 19.1. The van der Waals surface area contributed by atoms with Crippen LogP contribution in [0.15, 0.2) is 18.2 Å². The van der Waals surface area contributed by atoms with E-state index in [1.807, 2.05) is 13.8 Å². The molecule has 1 aromatic carbocycles. The summed E-state index contributed by atoms with van der Waals surface area (Å²) >= 11 is 0. The van der Waals surface area contributed by atoms with Gasteiger partial charge in [-0.05, 0) is 26.0 Å². The summed E-state index contributed by atoms with van der Waals surface area (Å²) in [5.74, 6) is -0.748. The minimum absolute atomic E-state index is 0.0427. The van der Waals surface area contributed by atoms with E-state index in [2.05, 4.69) is 0 Å². The number of carbonyl (C=O) groups excluding carboxylic acids is 1. The predicted octanol–water partition coefficient (Wildman–Crippen LogP) is 2.10. The third kappa shape index (κ3) is 3.56. The first-order valence-electron chi connectivity index (χ1n) is 7.16. The fraction of sp³-hybridized carbons (Fsp3) is 0.562. The number of nitrogens with zero attached hydrogens (tertiary/aromatic N) is 1. The average Bonchev–Trinajstić information content (AvgIpc) is 2.45. The molecule has 5 nitrogen and oxygen atoms in total. The van der Waals surface area contributed by atoms with Crippen LogP contribution >= 0.6 is 0 Å². The smallest absolute Gasteiger partial charge is 0.260 e. The first-order chi connectivity index (χ1) is 10.4. The summed E-state index contributed by atoms with van der Waals surface area (Å²) in [7, 11) is 3.00. The molecule has 0 aromatic heterocycles. The first-order valence-corrected chi connectivity index (χ1v) is 7.16. The van der Waals surface area contributed by atoms with Crippen LogP contribution in [-0.2, 0) is 9.47 Å². The van der Waals surface area contributed by atoms with E-state index < -0.39 is 17.3 Å². The van der Waals surface area contributed by atoms with Crippen molar-refractivity contribution in [2.45, 2.75) is 25.6 Å². The van der Waals surface area contributed by atoms with Crippen LogP contribution in [0.2, 0.25) is 0 Å². The van der Waals surface area contributed by atoms with Crippen molar-refractivity contribution in [3.05, 3.63) is 29.6 Å². The van der Waals surface area contributed by atoms with E-state index in [0.29, 0.717) is 19.7 Å². The third-order valence-electron chi connectivity index (χ3n) is 3.53. The van der Waals surface area contributed by atoms with Crippen LogP contribution in [0.3, 0.4) is 0 Å². The van der Waals surface area contributed by atoms with E-state index in [0.717, 1.165) is 0 Å².